The Morgan fingerprint density at radius 2 is 2.14 bits per heavy atom. The van der Waals surface area contributed by atoms with Gasteiger partial charge in [-0.3, -0.25) is 4.79 Å². The second kappa shape index (κ2) is 3.66. The highest BCUT2D eigenvalue weighted by atomic mass is 16.5. The number of rotatable bonds is 2. The molecular weight excluding hydrogens is 176 g/mol. The van der Waals surface area contributed by atoms with E-state index in [2.05, 4.69) is 10.8 Å². The van der Waals surface area contributed by atoms with E-state index in [9.17, 15) is 4.79 Å². The molecule has 2 rings (SSSR count). The predicted molar refractivity (Wildman–Crippen MR) is 54.5 cm³/mol. The Hall–Kier alpha value is -1.57. The van der Waals surface area contributed by atoms with Crippen molar-refractivity contribution in [3.8, 4) is 0 Å². The summed E-state index contributed by atoms with van der Waals surface area (Å²) in [6.45, 7) is 0. The van der Waals surface area contributed by atoms with E-state index in [0.717, 1.165) is 12.0 Å². The molecule has 0 bridgehead atoms. The summed E-state index contributed by atoms with van der Waals surface area (Å²) in [5, 5.41) is 0. The topological polar surface area (TPSA) is 26.3 Å². The highest BCUT2D eigenvalue weighted by Crippen LogP contribution is 2.39. The van der Waals surface area contributed by atoms with E-state index in [1.54, 1.807) is 0 Å². The van der Waals surface area contributed by atoms with Crippen LogP contribution < -0.4 is 0 Å². The maximum atomic E-state index is 11.1. The quantitative estimate of drug-likeness (QED) is 0.665. The average molecular weight is 188 g/mol. The Kier molecular flexibility index (Phi) is 2.35. The Morgan fingerprint density at radius 3 is 2.79 bits per heavy atom. The number of ether oxygens (including phenoxy) is 1. The molecule has 1 saturated carbocycles. The van der Waals surface area contributed by atoms with Gasteiger partial charge in [-0.15, -0.1) is 0 Å². The predicted octanol–water partition coefficient (Wildman–Crippen LogP) is 2.26. The molecule has 14 heavy (non-hydrogen) atoms. The van der Waals surface area contributed by atoms with Crippen LogP contribution in [-0.4, -0.2) is 13.1 Å². The first-order chi connectivity index (χ1) is 6.81. The molecule has 0 N–H and O–H groups in total. The Labute approximate surface area is 83.2 Å². The van der Waals surface area contributed by atoms with Gasteiger partial charge in [0, 0.05) is 0 Å². The molecule has 1 aliphatic carbocycles. The van der Waals surface area contributed by atoms with Crippen LogP contribution in [0.5, 0.6) is 0 Å². The fourth-order valence-corrected chi connectivity index (χ4v) is 1.48. The van der Waals surface area contributed by atoms with E-state index in [1.165, 1.54) is 12.7 Å². The molecule has 1 aromatic carbocycles. The standard InChI is InChI=1S/C12H12O2/c1-14-12(13)11-8-10(11)7-9-5-3-2-4-6-9/h2-7,11H,8H2,1H3/b10-7+/t11-/m0/s1. The first kappa shape index (κ1) is 9.00. The summed E-state index contributed by atoms with van der Waals surface area (Å²) in [7, 11) is 1.43. The van der Waals surface area contributed by atoms with Crippen molar-refractivity contribution in [3.63, 3.8) is 0 Å². The van der Waals surface area contributed by atoms with E-state index < -0.39 is 0 Å². The van der Waals surface area contributed by atoms with Crippen molar-refractivity contribution in [1.29, 1.82) is 0 Å². The average Bonchev–Trinajstić information content (AvgIpc) is 2.98. The van der Waals surface area contributed by atoms with Crippen LogP contribution in [0, 0.1) is 5.92 Å². The van der Waals surface area contributed by atoms with Gasteiger partial charge in [-0.2, -0.15) is 0 Å². The maximum absolute atomic E-state index is 11.1. The van der Waals surface area contributed by atoms with Crippen molar-refractivity contribution >= 4 is 12.0 Å². The number of methoxy groups -OCH3 is 1. The van der Waals surface area contributed by atoms with E-state index in [4.69, 9.17) is 0 Å². The van der Waals surface area contributed by atoms with Gasteiger partial charge in [0.1, 0.15) is 0 Å². The molecule has 1 aliphatic rings. The van der Waals surface area contributed by atoms with Gasteiger partial charge in [-0.1, -0.05) is 42.0 Å². The lowest BCUT2D eigenvalue weighted by molar-refractivity contribution is -0.141. The van der Waals surface area contributed by atoms with Crippen LogP contribution in [0.2, 0.25) is 0 Å². The molecule has 2 nitrogen and oxygen atoms in total. The summed E-state index contributed by atoms with van der Waals surface area (Å²) in [5.74, 6) is -0.104. The van der Waals surface area contributed by atoms with E-state index in [1.807, 2.05) is 30.3 Å². The van der Waals surface area contributed by atoms with Crippen LogP contribution in [0.4, 0.5) is 0 Å². The molecule has 0 radical (unpaired) electrons. The molecule has 2 heteroatoms. The molecule has 1 fully saturated rings. The molecule has 0 unspecified atom stereocenters. The SMILES string of the molecule is COC(=O)[C@H]1C/C1=C\c1ccccc1. The molecule has 0 aromatic heterocycles. The number of carbonyl (C=O) groups excluding carboxylic acids is 1. The molecule has 0 heterocycles. The van der Waals surface area contributed by atoms with Crippen molar-refractivity contribution in [2.24, 2.45) is 5.92 Å². The van der Waals surface area contributed by atoms with Crippen LogP contribution in [0.15, 0.2) is 35.9 Å². The Morgan fingerprint density at radius 1 is 1.43 bits per heavy atom. The van der Waals surface area contributed by atoms with Crippen molar-refractivity contribution in [2.75, 3.05) is 7.11 Å². The Bertz CT molecular complexity index is 365. The largest absolute Gasteiger partial charge is 0.469 e. The third-order valence-electron chi connectivity index (χ3n) is 2.36. The number of esters is 1. The second-order valence-electron chi connectivity index (χ2n) is 3.41. The zero-order valence-corrected chi connectivity index (χ0v) is 8.07. The summed E-state index contributed by atoms with van der Waals surface area (Å²) in [4.78, 5) is 11.1. The van der Waals surface area contributed by atoms with E-state index in [-0.39, 0.29) is 11.9 Å². The van der Waals surface area contributed by atoms with Crippen molar-refractivity contribution in [3.05, 3.63) is 41.5 Å². The third kappa shape index (κ3) is 1.84. The van der Waals surface area contributed by atoms with Gasteiger partial charge in [-0.05, 0) is 12.0 Å². The van der Waals surface area contributed by atoms with Gasteiger partial charge in [0.25, 0.3) is 0 Å². The summed E-state index contributed by atoms with van der Waals surface area (Å²) in [6.07, 6.45) is 2.91. The third-order valence-corrected chi connectivity index (χ3v) is 2.36. The molecule has 1 atom stereocenters. The molecule has 72 valence electrons. The highest BCUT2D eigenvalue weighted by molar-refractivity contribution is 5.83. The van der Waals surface area contributed by atoms with E-state index in [0.29, 0.717) is 0 Å². The van der Waals surface area contributed by atoms with Gasteiger partial charge >= 0.3 is 5.97 Å². The Balaban J connectivity index is 2.06. The zero-order chi connectivity index (χ0) is 9.97. The number of hydrogen-bond donors (Lipinski definition) is 0. The smallest absolute Gasteiger partial charge is 0.313 e. The summed E-state index contributed by atoms with van der Waals surface area (Å²) in [6, 6.07) is 10.0. The minimum atomic E-state index is -0.118. The number of hydrogen-bond acceptors (Lipinski definition) is 2. The first-order valence-electron chi connectivity index (χ1n) is 4.64. The number of benzene rings is 1. The minimum Gasteiger partial charge on any atom is -0.469 e. The fourth-order valence-electron chi connectivity index (χ4n) is 1.48. The summed E-state index contributed by atoms with van der Waals surface area (Å²) < 4.78 is 4.66. The van der Waals surface area contributed by atoms with Crippen molar-refractivity contribution in [2.45, 2.75) is 6.42 Å². The van der Waals surface area contributed by atoms with Gasteiger partial charge in [0.15, 0.2) is 0 Å². The molecule has 0 aliphatic heterocycles. The summed E-state index contributed by atoms with van der Waals surface area (Å²) in [5.41, 5.74) is 2.32. The van der Waals surface area contributed by atoms with Crippen LogP contribution in [0.3, 0.4) is 0 Å². The molecule has 1 aromatic rings. The van der Waals surface area contributed by atoms with E-state index >= 15 is 0 Å². The second-order valence-corrected chi connectivity index (χ2v) is 3.41. The highest BCUT2D eigenvalue weighted by Gasteiger charge is 2.37. The number of carbonyl (C=O) groups is 1. The first-order valence-corrected chi connectivity index (χ1v) is 4.64. The van der Waals surface area contributed by atoms with Gasteiger partial charge in [0.05, 0.1) is 13.0 Å². The van der Waals surface area contributed by atoms with Crippen LogP contribution in [0.1, 0.15) is 12.0 Å². The minimum absolute atomic E-state index is 0.0141. The van der Waals surface area contributed by atoms with Crippen LogP contribution in [0.25, 0.3) is 6.08 Å². The lowest BCUT2D eigenvalue weighted by Gasteiger charge is -1.92. The monoisotopic (exact) mass is 188 g/mol. The van der Waals surface area contributed by atoms with Crippen LogP contribution >= 0.6 is 0 Å². The van der Waals surface area contributed by atoms with Crippen molar-refractivity contribution in [1.82, 2.24) is 0 Å². The zero-order valence-electron chi connectivity index (χ0n) is 8.07. The maximum Gasteiger partial charge on any atom is 0.313 e. The van der Waals surface area contributed by atoms with Gasteiger partial charge in [0.2, 0.25) is 0 Å². The fraction of sp³-hybridized carbons (Fsp3) is 0.250. The normalized spacial score (nSPS) is 22.1. The molecule has 0 amide bonds. The molecule has 0 spiro atoms. The van der Waals surface area contributed by atoms with Gasteiger partial charge < -0.3 is 4.74 Å². The molecular formula is C12H12O2. The molecule has 0 saturated heterocycles. The van der Waals surface area contributed by atoms with Crippen molar-refractivity contribution < 1.29 is 9.53 Å². The van der Waals surface area contributed by atoms with Crippen LogP contribution in [-0.2, 0) is 9.53 Å². The lowest BCUT2D eigenvalue weighted by atomic mass is 10.2. The van der Waals surface area contributed by atoms with Gasteiger partial charge in [-0.25, -0.2) is 0 Å². The lowest BCUT2D eigenvalue weighted by Crippen LogP contribution is -2.01. The summed E-state index contributed by atoms with van der Waals surface area (Å²) >= 11 is 0.